The zero-order valence-electron chi connectivity index (χ0n) is 17.9. The molecular formula is C24H32N2O4. The Morgan fingerprint density at radius 3 is 2.70 bits per heavy atom. The fourth-order valence-electron chi connectivity index (χ4n) is 3.77. The second-order valence-electron chi connectivity index (χ2n) is 8.02. The van der Waals surface area contributed by atoms with Crippen LogP contribution in [-0.4, -0.2) is 48.6 Å². The molecule has 1 fully saturated rings. The summed E-state index contributed by atoms with van der Waals surface area (Å²) in [6, 6.07) is 12.0. The van der Waals surface area contributed by atoms with E-state index in [0.29, 0.717) is 24.4 Å². The molecule has 0 aliphatic carbocycles. The van der Waals surface area contributed by atoms with Crippen LogP contribution in [-0.2, 0) is 16.0 Å². The predicted octanol–water partition coefficient (Wildman–Crippen LogP) is 3.74. The van der Waals surface area contributed by atoms with Gasteiger partial charge in [0.25, 0.3) is 5.91 Å². The van der Waals surface area contributed by atoms with Crippen LogP contribution in [0.1, 0.15) is 54.3 Å². The molecule has 0 spiro atoms. The molecule has 3 rings (SSSR count). The quantitative estimate of drug-likeness (QED) is 0.645. The van der Waals surface area contributed by atoms with Gasteiger partial charge in [-0.25, -0.2) is 0 Å². The number of nitrogens with zero attached hydrogens (tertiary/aromatic N) is 1. The average molecular weight is 413 g/mol. The van der Waals surface area contributed by atoms with Gasteiger partial charge in [0.2, 0.25) is 5.91 Å². The summed E-state index contributed by atoms with van der Waals surface area (Å²) in [7, 11) is 0. The van der Waals surface area contributed by atoms with E-state index in [2.05, 4.69) is 17.4 Å². The molecule has 1 aromatic carbocycles. The molecule has 0 unspecified atom stereocenters. The number of ether oxygens (including phenoxy) is 1. The number of rotatable bonds is 10. The molecule has 1 aliphatic heterocycles. The van der Waals surface area contributed by atoms with Crippen LogP contribution in [0.4, 0.5) is 0 Å². The van der Waals surface area contributed by atoms with Crippen molar-refractivity contribution in [3.05, 3.63) is 59.5 Å². The van der Waals surface area contributed by atoms with Gasteiger partial charge < -0.3 is 19.4 Å². The van der Waals surface area contributed by atoms with E-state index in [9.17, 15) is 9.59 Å². The van der Waals surface area contributed by atoms with Crippen molar-refractivity contribution in [1.29, 1.82) is 0 Å². The van der Waals surface area contributed by atoms with Gasteiger partial charge in [-0.15, -0.1) is 0 Å². The molecule has 0 radical (unpaired) electrons. The van der Waals surface area contributed by atoms with Gasteiger partial charge in [0.15, 0.2) is 0 Å². The maximum atomic E-state index is 13.0. The molecule has 162 valence electrons. The summed E-state index contributed by atoms with van der Waals surface area (Å²) >= 11 is 0. The number of benzene rings is 1. The first-order chi connectivity index (χ1) is 14.5. The summed E-state index contributed by atoms with van der Waals surface area (Å²) in [5.41, 5.74) is 1.81. The van der Waals surface area contributed by atoms with E-state index in [0.717, 1.165) is 32.3 Å². The molecule has 1 N–H and O–H groups in total. The number of hydrogen-bond acceptors (Lipinski definition) is 4. The Bertz CT molecular complexity index is 812. The van der Waals surface area contributed by atoms with Gasteiger partial charge in [-0.2, -0.15) is 0 Å². The van der Waals surface area contributed by atoms with Gasteiger partial charge >= 0.3 is 0 Å². The molecule has 6 heteroatoms. The fourth-order valence-corrected chi connectivity index (χ4v) is 3.77. The number of amides is 2. The molecular weight excluding hydrogens is 380 g/mol. The minimum Gasteiger partial charge on any atom is -0.469 e. The largest absolute Gasteiger partial charge is 0.469 e. The van der Waals surface area contributed by atoms with E-state index in [1.165, 1.54) is 11.8 Å². The molecule has 0 bridgehead atoms. The highest BCUT2D eigenvalue weighted by Gasteiger charge is 2.25. The van der Waals surface area contributed by atoms with Crippen LogP contribution in [0, 0.1) is 6.92 Å². The molecule has 1 aliphatic rings. The lowest BCUT2D eigenvalue weighted by Crippen LogP contribution is -2.41. The molecule has 0 saturated carbocycles. The highest BCUT2D eigenvalue weighted by molar-refractivity contribution is 5.95. The molecule has 2 aromatic rings. The zero-order chi connectivity index (χ0) is 21.3. The van der Waals surface area contributed by atoms with Gasteiger partial charge in [0, 0.05) is 32.2 Å². The van der Waals surface area contributed by atoms with E-state index in [1.54, 1.807) is 17.9 Å². The summed E-state index contributed by atoms with van der Waals surface area (Å²) in [5, 5.41) is 3.06. The smallest absolute Gasteiger partial charge is 0.257 e. The predicted molar refractivity (Wildman–Crippen MR) is 115 cm³/mol. The molecule has 2 heterocycles. The van der Waals surface area contributed by atoms with E-state index in [4.69, 9.17) is 9.15 Å². The Hall–Kier alpha value is -2.60. The second-order valence-corrected chi connectivity index (χ2v) is 8.02. The van der Waals surface area contributed by atoms with E-state index < -0.39 is 0 Å². The number of nitrogens with one attached hydrogen (secondary N) is 1. The van der Waals surface area contributed by atoms with Gasteiger partial charge in [0.05, 0.1) is 17.9 Å². The Kier molecular flexibility index (Phi) is 8.08. The first-order valence-corrected chi connectivity index (χ1v) is 10.8. The van der Waals surface area contributed by atoms with Crippen molar-refractivity contribution in [3.63, 3.8) is 0 Å². The van der Waals surface area contributed by atoms with Crippen LogP contribution >= 0.6 is 0 Å². The summed E-state index contributed by atoms with van der Waals surface area (Å²) in [4.78, 5) is 27.2. The third-order valence-electron chi connectivity index (χ3n) is 5.55. The Labute approximate surface area is 178 Å². The number of aryl methyl sites for hydroxylation is 2. The first-order valence-electron chi connectivity index (χ1n) is 10.8. The van der Waals surface area contributed by atoms with Crippen LogP contribution in [0.5, 0.6) is 0 Å². The summed E-state index contributed by atoms with van der Waals surface area (Å²) in [5.74, 6) is 0.447. The van der Waals surface area contributed by atoms with Crippen molar-refractivity contribution in [2.45, 2.75) is 58.1 Å². The minimum absolute atomic E-state index is 0.0361. The van der Waals surface area contributed by atoms with Crippen molar-refractivity contribution in [2.75, 3.05) is 19.7 Å². The molecule has 30 heavy (non-hydrogen) atoms. The molecule has 1 saturated heterocycles. The standard InChI is InChI=1S/C24H32N2O4/c1-18(10-11-20-7-4-3-5-8-20)25-23(27)12-14-26(17-21-9-6-15-30-21)24(28)22-13-16-29-19(22)2/h3-5,7-8,13,16,18,21H,6,9-12,14-15,17H2,1-2H3,(H,25,27)/t18-,21+/m1/s1. The van der Waals surface area contributed by atoms with Gasteiger partial charge in [-0.05, 0) is 51.2 Å². The summed E-state index contributed by atoms with van der Waals surface area (Å²) < 4.78 is 11.0. The topological polar surface area (TPSA) is 71.8 Å². The summed E-state index contributed by atoms with van der Waals surface area (Å²) in [6.07, 6.45) is 5.58. The zero-order valence-corrected chi connectivity index (χ0v) is 17.9. The monoisotopic (exact) mass is 412 g/mol. The van der Waals surface area contributed by atoms with E-state index >= 15 is 0 Å². The van der Waals surface area contributed by atoms with Crippen molar-refractivity contribution < 1.29 is 18.7 Å². The molecule has 6 nitrogen and oxygen atoms in total. The lowest BCUT2D eigenvalue weighted by molar-refractivity contribution is -0.122. The average Bonchev–Trinajstić information content (AvgIpc) is 3.41. The second kappa shape index (κ2) is 11.0. The van der Waals surface area contributed by atoms with Crippen molar-refractivity contribution in [3.8, 4) is 0 Å². The number of furan rings is 1. The van der Waals surface area contributed by atoms with E-state index in [1.807, 2.05) is 25.1 Å². The van der Waals surface area contributed by atoms with Crippen LogP contribution in [0.3, 0.4) is 0 Å². The Balaban J connectivity index is 1.50. The lowest BCUT2D eigenvalue weighted by atomic mass is 10.1. The van der Waals surface area contributed by atoms with Gasteiger partial charge in [-0.3, -0.25) is 9.59 Å². The number of hydrogen-bond donors (Lipinski definition) is 1. The molecule has 1 aromatic heterocycles. The maximum Gasteiger partial charge on any atom is 0.257 e. The fraction of sp³-hybridized carbons (Fsp3) is 0.500. The lowest BCUT2D eigenvalue weighted by Gasteiger charge is -2.25. The first kappa shape index (κ1) is 22.1. The Morgan fingerprint density at radius 1 is 1.23 bits per heavy atom. The molecule has 2 amide bonds. The van der Waals surface area contributed by atoms with Crippen molar-refractivity contribution >= 4 is 11.8 Å². The van der Waals surface area contributed by atoms with Crippen LogP contribution < -0.4 is 5.32 Å². The summed E-state index contributed by atoms with van der Waals surface area (Å²) in [6.45, 7) is 5.39. The van der Waals surface area contributed by atoms with Crippen LogP contribution in [0.2, 0.25) is 0 Å². The number of carbonyl (C=O) groups excluding carboxylic acids is 2. The normalized spacial score (nSPS) is 16.9. The van der Waals surface area contributed by atoms with Crippen LogP contribution in [0.15, 0.2) is 47.1 Å². The SMILES string of the molecule is Cc1occc1C(=O)N(CCC(=O)N[C@H](C)CCc1ccccc1)C[C@@H]1CCCO1. The number of carbonyl (C=O) groups is 2. The maximum absolute atomic E-state index is 13.0. The van der Waals surface area contributed by atoms with Gasteiger partial charge in [-0.1, -0.05) is 30.3 Å². The van der Waals surface area contributed by atoms with E-state index in [-0.39, 0.29) is 30.4 Å². The Morgan fingerprint density at radius 2 is 2.03 bits per heavy atom. The highest BCUT2D eigenvalue weighted by Crippen LogP contribution is 2.17. The van der Waals surface area contributed by atoms with Gasteiger partial charge in [0.1, 0.15) is 5.76 Å². The van der Waals surface area contributed by atoms with Crippen molar-refractivity contribution in [1.82, 2.24) is 10.2 Å². The molecule has 2 atom stereocenters. The minimum atomic E-state index is -0.110. The van der Waals surface area contributed by atoms with Crippen molar-refractivity contribution in [2.24, 2.45) is 0 Å². The third kappa shape index (κ3) is 6.46. The van der Waals surface area contributed by atoms with Crippen LogP contribution in [0.25, 0.3) is 0 Å². The third-order valence-corrected chi connectivity index (χ3v) is 5.55. The highest BCUT2D eigenvalue weighted by atomic mass is 16.5.